The van der Waals surface area contributed by atoms with Crippen molar-refractivity contribution in [2.45, 2.75) is 19.0 Å². The first kappa shape index (κ1) is 24.5. The van der Waals surface area contributed by atoms with Crippen LogP contribution in [0.1, 0.15) is 28.8 Å². The van der Waals surface area contributed by atoms with Gasteiger partial charge in [-0.25, -0.2) is 4.39 Å². The van der Waals surface area contributed by atoms with Gasteiger partial charge in [0.2, 0.25) is 0 Å². The van der Waals surface area contributed by atoms with E-state index in [1.165, 1.54) is 30.3 Å². The van der Waals surface area contributed by atoms with Crippen LogP contribution in [0, 0.1) is 11.7 Å². The summed E-state index contributed by atoms with van der Waals surface area (Å²) in [6, 6.07) is 8.05. The maximum Gasteiger partial charge on any atom is 0.417 e. The van der Waals surface area contributed by atoms with Gasteiger partial charge in [0.1, 0.15) is 5.82 Å². The average Bonchev–Trinajstić information content (AvgIpc) is 2.78. The predicted molar refractivity (Wildman–Crippen MR) is 111 cm³/mol. The Balaban J connectivity index is 1.46. The molecule has 1 saturated heterocycles. The molecule has 1 N–H and O–H groups in total. The summed E-state index contributed by atoms with van der Waals surface area (Å²) in [4.78, 5) is 38.2. The number of piperidine rings is 1. The van der Waals surface area contributed by atoms with E-state index in [9.17, 15) is 31.9 Å². The number of likely N-dealkylation sites (tertiary alicyclic amines) is 1. The summed E-state index contributed by atoms with van der Waals surface area (Å²) in [5, 5.41) is 1.73. The molecule has 0 bridgehead atoms. The number of carbonyl (C=O) groups is 3. The molecule has 1 heterocycles. The van der Waals surface area contributed by atoms with Crippen LogP contribution in [0.4, 0.5) is 23.2 Å². The maximum absolute atomic E-state index is 13.0. The highest BCUT2D eigenvalue weighted by Crippen LogP contribution is 2.36. The largest absolute Gasteiger partial charge is 0.455 e. The fourth-order valence-electron chi connectivity index (χ4n) is 3.37. The van der Waals surface area contributed by atoms with E-state index in [0.29, 0.717) is 24.5 Å². The quantitative estimate of drug-likeness (QED) is 0.497. The van der Waals surface area contributed by atoms with Gasteiger partial charge in [0.05, 0.1) is 16.5 Å². The molecule has 0 aliphatic carbocycles. The molecule has 0 unspecified atom stereocenters. The predicted octanol–water partition coefficient (Wildman–Crippen LogP) is 4.53. The van der Waals surface area contributed by atoms with E-state index in [-0.39, 0.29) is 24.7 Å². The average molecular weight is 487 g/mol. The highest BCUT2D eigenvalue weighted by atomic mass is 35.5. The molecular formula is C22H19ClF4N2O4. The Morgan fingerprint density at radius 2 is 1.70 bits per heavy atom. The molecule has 1 aliphatic rings. The fourth-order valence-corrected chi connectivity index (χ4v) is 3.59. The first-order valence-corrected chi connectivity index (χ1v) is 10.3. The van der Waals surface area contributed by atoms with Crippen molar-refractivity contribution in [1.82, 2.24) is 4.90 Å². The van der Waals surface area contributed by atoms with E-state index in [1.54, 1.807) is 4.90 Å². The van der Waals surface area contributed by atoms with Gasteiger partial charge in [-0.15, -0.1) is 0 Å². The number of carbonyl (C=O) groups excluding carboxylic acids is 3. The van der Waals surface area contributed by atoms with Crippen LogP contribution >= 0.6 is 11.6 Å². The fraction of sp³-hybridized carbons (Fsp3) is 0.318. The lowest BCUT2D eigenvalue weighted by atomic mass is 9.96. The molecule has 11 heteroatoms. The summed E-state index contributed by atoms with van der Waals surface area (Å²) in [7, 11) is 0. The van der Waals surface area contributed by atoms with Crippen LogP contribution in [-0.2, 0) is 20.5 Å². The Morgan fingerprint density at radius 3 is 2.30 bits per heavy atom. The zero-order valence-corrected chi connectivity index (χ0v) is 17.9. The second-order valence-corrected chi connectivity index (χ2v) is 7.83. The van der Waals surface area contributed by atoms with Gasteiger partial charge >= 0.3 is 12.1 Å². The van der Waals surface area contributed by atoms with E-state index in [0.717, 1.165) is 6.07 Å². The first-order chi connectivity index (χ1) is 15.5. The molecule has 0 radical (unpaired) electrons. The van der Waals surface area contributed by atoms with Gasteiger partial charge in [-0.05, 0) is 55.3 Å². The van der Waals surface area contributed by atoms with Gasteiger partial charge in [-0.2, -0.15) is 13.2 Å². The van der Waals surface area contributed by atoms with Gasteiger partial charge in [-0.3, -0.25) is 14.4 Å². The monoisotopic (exact) mass is 486 g/mol. The minimum absolute atomic E-state index is 0.139. The van der Waals surface area contributed by atoms with E-state index in [4.69, 9.17) is 16.3 Å². The Morgan fingerprint density at radius 1 is 1.06 bits per heavy atom. The van der Waals surface area contributed by atoms with Gasteiger partial charge in [0, 0.05) is 24.3 Å². The van der Waals surface area contributed by atoms with E-state index in [2.05, 4.69) is 5.32 Å². The van der Waals surface area contributed by atoms with Crippen LogP contribution in [0.5, 0.6) is 0 Å². The summed E-state index contributed by atoms with van der Waals surface area (Å²) < 4.78 is 56.7. The number of nitrogens with zero attached hydrogens (tertiary/aromatic N) is 1. The molecule has 3 rings (SSSR count). The first-order valence-electron chi connectivity index (χ1n) is 9.92. The molecule has 1 fully saturated rings. The summed E-state index contributed by atoms with van der Waals surface area (Å²) in [6.07, 6.45) is -4.05. The van der Waals surface area contributed by atoms with Crippen LogP contribution in [0.3, 0.4) is 0 Å². The second kappa shape index (κ2) is 10.2. The molecule has 0 spiro atoms. The number of halogens is 5. The lowest BCUT2D eigenvalue weighted by Gasteiger charge is -2.31. The van der Waals surface area contributed by atoms with Crippen LogP contribution in [0.15, 0.2) is 42.5 Å². The summed E-state index contributed by atoms with van der Waals surface area (Å²) in [5.41, 5.74) is -0.897. The Kier molecular flexibility index (Phi) is 7.57. The number of anilines is 1. The zero-order chi connectivity index (χ0) is 24.2. The van der Waals surface area contributed by atoms with E-state index in [1.807, 2.05) is 0 Å². The number of alkyl halides is 3. The highest BCUT2D eigenvalue weighted by molar-refractivity contribution is 6.31. The lowest BCUT2D eigenvalue weighted by Crippen LogP contribution is -2.41. The number of ether oxygens (including phenoxy) is 1. The van der Waals surface area contributed by atoms with Crippen LogP contribution in [0.25, 0.3) is 0 Å². The number of esters is 1. The number of rotatable bonds is 5. The van der Waals surface area contributed by atoms with Crippen LogP contribution in [-0.4, -0.2) is 42.4 Å². The van der Waals surface area contributed by atoms with Crippen molar-refractivity contribution in [1.29, 1.82) is 0 Å². The van der Waals surface area contributed by atoms with Crippen molar-refractivity contribution in [3.8, 4) is 0 Å². The third-order valence-corrected chi connectivity index (χ3v) is 5.44. The molecule has 2 aromatic rings. The number of nitrogens with one attached hydrogen (secondary N) is 1. The molecular weight excluding hydrogens is 468 g/mol. The molecule has 2 amide bonds. The van der Waals surface area contributed by atoms with Crippen molar-refractivity contribution < 1.29 is 36.7 Å². The number of hydrogen-bond acceptors (Lipinski definition) is 4. The third kappa shape index (κ3) is 6.44. The van der Waals surface area contributed by atoms with Crippen molar-refractivity contribution in [2.24, 2.45) is 5.92 Å². The Hall–Kier alpha value is -3.14. The zero-order valence-electron chi connectivity index (χ0n) is 17.1. The molecule has 2 aromatic carbocycles. The Labute approximate surface area is 191 Å². The summed E-state index contributed by atoms with van der Waals surface area (Å²) in [5.74, 6) is -2.69. The van der Waals surface area contributed by atoms with Gasteiger partial charge < -0.3 is 15.0 Å². The van der Waals surface area contributed by atoms with Crippen molar-refractivity contribution >= 4 is 35.1 Å². The normalized spacial score (nSPS) is 14.6. The Bertz CT molecular complexity index is 1040. The topological polar surface area (TPSA) is 75.7 Å². The second-order valence-electron chi connectivity index (χ2n) is 7.42. The number of hydrogen-bond donors (Lipinski definition) is 1. The minimum Gasteiger partial charge on any atom is -0.455 e. The summed E-state index contributed by atoms with van der Waals surface area (Å²) in [6.45, 7) is -0.0993. The molecule has 0 saturated carbocycles. The van der Waals surface area contributed by atoms with Crippen LogP contribution < -0.4 is 5.32 Å². The van der Waals surface area contributed by atoms with E-state index >= 15 is 0 Å². The van der Waals surface area contributed by atoms with Crippen molar-refractivity contribution in [3.05, 3.63) is 64.4 Å². The standard InChI is InChI=1S/C22H19ClF4N2O4/c23-18-6-5-16(11-17(18)22(25,26)27)28-19(30)12-33-21(32)14-7-9-29(10-8-14)20(31)13-1-3-15(24)4-2-13/h1-6,11,14H,7-10,12H2,(H,28,30). The van der Waals surface area contributed by atoms with E-state index < -0.39 is 47.0 Å². The van der Waals surface area contributed by atoms with Gasteiger partial charge in [0.15, 0.2) is 6.61 Å². The SMILES string of the molecule is O=C(COC(=O)C1CCN(C(=O)c2ccc(F)cc2)CC1)Nc1ccc(Cl)c(C(F)(F)F)c1. The van der Waals surface area contributed by atoms with Gasteiger partial charge in [0.25, 0.3) is 11.8 Å². The lowest BCUT2D eigenvalue weighted by molar-refractivity contribution is -0.152. The number of benzene rings is 2. The minimum atomic E-state index is -4.68. The highest BCUT2D eigenvalue weighted by Gasteiger charge is 2.33. The molecule has 6 nitrogen and oxygen atoms in total. The molecule has 0 aromatic heterocycles. The molecule has 0 atom stereocenters. The van der Waals surface area contributed by atoms with Crippen molar-refractivity contribution in [2.75, 3.05) is 25.0 Å². The smallest absolute Gasteiger partial charge is 0.417 e. The summed E-state index contributed by atoms with van der Waals surface area (Å²) >= 11 is 5.54. The third-order valence-electron chi connectivity index (χ3n) is 5.11. The van der Waals surface area contributed by atoms with Crippen LogP contribution in [0.2, 0.25) is 5.02 Å². The number of amides is 2. The molecule has 176 valence electrons. The van der Waals surface area contributed by atoms with Crippen molar-refractivity contribution in [3.63, 3.8) is 0 Å². The maximum atomic E-state index is 13.0. The molecule has 1 aliphatic heterocycles. The molecule has 33 heavy (non-hydrogen) atoms. The van der Waals surface area contributed by atoms with Gasteiger partial charge in [-0.1, -0.05) is 11.6 Å².